The highest BCUT2D eigenvalue weighted by Gasteiger charge is 2.39. The molecule has 1 fully saturated rings. The molecule has 1 aliphatic carbocycles. The van der Waals surface area contributed by atoms with Gasteiger partial charge < -0.3 is 9.64 Å². The Labute approximate surface area is 207 Å². The third kappa shape index (κ3) is 5.20. The number of likely N-dealkylation sites (N-methyl/N-ethyl adjacent to an activating group) is 1. The lowest BCUT2D eigenvalue weighted by Crippen LogP contribution is -2.48. The molecule has 1 saturated heterocycles. The van der Waals surface area contributed by atoms with Crippen molar-refractivity contribution < 1.29 is 9.53 Å². The van der Waals surface area contributed by atoms with Crippen LogP contribution in [0.3, 0.4) is 0 Å². The van der Waals surface area contributed by atoms with Crippen molar-refractivity contribution in [1.82, 2.24) is 9.80 Å². The summed E-state index contributed by atoms with van der Waals surface area (Å²) in [6.07, 6.45) is 5.60. The number of ether oxygens (including phenoxy) is 1. The summed E-state index contributed by atoms with van der Waals surface area (Å²) in [5.74, 6) is 1.08. The molecule has 0 unspecified atom stereocenters. The van der Waals surface area contributed by atoms with E-state index >= 15 is 0 Å². The zero-order chi connectivity index (χ0) is 22.0. The minimum Gasteiger partial charge on any atom is -0.496 e. The normalized spacial score (nSPS) is 20.4. The number of nitrogens with zero attached hydrogens (tertiary/aromatic N) is 2. The van der Waals surface area contributed by atoms with Crippen molar-refractivity contribution in [2.75, 3.05) is 27.2 Å². The summed E-state index contributed by atoms with van der Waals surface area (Å²) in [6, 6.07) is 12.2. The molecule has 0 radical (unpaired) electrons. The van der Waals surface area contributed by atoms with Crippen LogP contribution in [0.15, 0.2) is 36.4 Å². The number of hydrogen-bond acceptors (Lipinski definition) is 3. The van der Waals surface area contributed by atoms with Gasteiger partial charge in [0.05, 0.1) is 23.2 Å². The first-order chi connectivity index (χ1) is 15.0. The van der Waals surface area contributed by atoms with Gasteiger partial charge >= 0.3 is 0 Å². The SMILES string of the molecule is COc1cccc2c1CC[C@H](N1CCCC1)[C@H]2N(C)C(=O)CCc1ccc(Cl)c(Cl)c1.Cl. The van der Waals surface area contributed by atoms with E-state index in [2.05, 4.69) is 11.0 Å². The first-order valence-electron chi connectivity index (χ1n) is 11.1. The van der Waals surface area contributed by atoms with Crippen LogP contribution in [0.5, 0.6) is 5.75 Å². The summed E-state index contributed by atoms with van der Waals surface area (Å²) in [5.41, 5.74) is 3.50. The van der Waals surface area contributed by atoms with Crippen molar-refractivity contribution in [3.8, 4) is 5.75 Å². The van der Waals surface area contributed by atoms with Crippen LogP contribution in [0.1, 0.15) is 48.4 Å². The van der Waals surface area contributed by atoms with Gasteiger partial charge in [0.1, 0.15) is 5.75 Å². The van der Waals surface area contributed by atoms with E-state index in [1.165, 1.54) is 24.0 Å². The second-order valence-corrected chi connectivity index (χ2v) is 9.39. The van der Waals surface area contributed by atoms with E-state index in [0.29, 0.717) is 28.9 Å². The Bertz CT molecular complexity index is 947. The van der Waals surface area contributed by atoms with Crippen molar-refractivity contribution in [2.24, 2.45) is 0 Å². The molecule has 7 heteroatoms. The van der Waals surface area contributed by atoms with E-state index in [1.54, 1.807) is 13.2 Å². The van der Waals surface area contributed by atoms with Crippen molar-refractivity contribution in [2.45, 2.75) is 50.6 Å². The molecule has 0 bridgehead atoms. The number of carbonyl (C=O) groups excluding carboxylic acids is 1. The number of halogens is 3. The van der Waals surface area contributed by atoms with Gasteiger partial charge in [0.2, 0.25) is 5.91 Å². The topological polar surface area (TPSA) is 32.8 Å². The van der Waals surface area contributed by atoms with Crippen LogP contribution >= 0.6 is 35.6 Å². The van der Waals surface area contributed by atoms with E-state index < -0.39 is 0 Å². The number of likely N-dealkylation sites (tertiary alicyclic amines) is 1. The van der Waals surface area contributed by atoms with Gasteiger partial charge in [0.15, 0.2) is 0 Å². The van der Waals surface area contributed by atoms with Gasteiger partial charge in [-0.1, -0.05) is 41.4 Å². The summed E-state index contributed by atoms with van der Waals surface area (Å²) >= 11 is 12.2. The minimum atomic E-state index is 0. The molecule has 1 aliphatic heterocycles. The van der Waals surface area contributed by atoms with E-state index in [9.17, 15) is 4.79 Å². The second kappa shape index (κ2) is 11.1. The highest BCUT2D eigenvalue weighted by Crippen LogP contribution is 2.41. The molecule has 0 N–H and O–H groups in total. The first kappa shape index (κ1) is 25.2. The van der Waals surface area contributed by atoms with Gasteiger partial charge in [0.25, 0.3) is 0 Å². The predicted octanol–water partition coefficient (Wildman–Crippen LogP) is 5.97. The Morgan fingerprint density at radius 1 is 1.16 bits per heavy atom. The average molecular weight is 498 g/mol. The van der Waals surface area contributed by atoms with Crippen LogP contribution in [0.25, 0.3) is 0 Å². The molecule has 1 amide bonds. The maximum Gasteiger partial charge on any atom is 0.223 e. The van der Waals surface area contributed by atoms with Crippen molar-refractivity contribution in [3.63, 3.8) is 0 Å². The number of aryl methyl sites for hydroxylation is 1. The molecule has 0 saturated carbocycles. The first-order valence-corrected chi connectivity index (χ1v) is 11.8. The molecular weight excluding hydrogens is 467 g/mol. The van der Waals surface area contributed by atoms with Gasteiger partial charge in [-0.05, 0) is 80.1 Å². The number of benzene rings is 2. The van der Waals surface area contributed by atoms with Crippen LogP contribution in [0, 0.1) is 0 Å². The molecule has 2 atom stereocenters. The summed E-state index contributed by atoms with van der Waals surface area (Å²) in [4.78, 5) is 17.9. The highest BCUT2D eigenvalue weighted by molar-refractivity contribution is 6.42. The fraction of sp³-hybridized carbons (Fsp3) is 0.480. The lowest BCUT2D eigenvalue weighted by atomic mass is 9.81. The quantitative estimate of drug-likeness (QED) is 0.493. The molecule has 174 valence electrons. The second-order valence-electron chi connectivity index (χ2n) is 8.58. The molecule has 4 nitrogen and oxygen atoms in total. The van der Waals surface area contributed by atoms with E-state index in [0.717, 1.165) is 37.2 Å². The maximum absolute atomic E-state index is 13.3. The monoisotopic (exact) mass is 496 g/mol. The lowest BCUT2D eigenvalue weighted by molar-refractivity contribution is -0.133. The summed E-state index contributed by atoms with van der Waals surface area (Å²) in [6.45, 7) is 2.23. The Balaban J connectivity index is 0.00000289. The molecule has 32 heavy (non-hydrogen) atoms. The standard InChI is InChI=1S/C25H30Cl2N2O2.ClH/c1-28(24(30)13-9-17-8-11-20(26)21(27)16-17)25-19-6-5-7-23(31-2)18(19)10-12-22(25)29-14-3-4-15-29;/h5-8,11,16,22,25H,3-4,9-10,12-15H2,1-2H3;1H/t22-,25-;/m0./s1. The smallest absolute Gasteiger partial charge is 0.223 e. The van der Waals surface area contributed by atoms with Gasteiger partial charge in [-0.25, -0.2) is 0 Å². The maximum atomic E-state index is 13.3. The summed E-state index contributed by atoms with van der Waals surface area (Å²) in [7, 11) is 3.68. The minimum absolute atomic E-state index is 0. The van der Waals surface area contributed by atoms with Crippen LogP contribution in [0.4, 0.5) is 0 Å². The van der Waals surface area contributed by atoms with Gasteiger partial charge in [-0.15, -0.1) is 12.4 Å². The Kier molecular flexibility index (Phi) is 8.74. The van der Waals surface area contributed by atoms with Crippen LogP contribution < -0.4 is 4.74 Å². The third-order valence-corrected chi connectivity index (χ3v) is 7.53. The van der Waals surface area contributed by atoms with Crippen LogP contribution in [0.2, 0.25) is 10.0 Å². The molecule has 2 aliphatic rings. The predicted molar refractivity (Wildman–Crippen MR) is 133 cm³/mol. The number of carbonyl (C=O) groups is 1. The third-order valence-electron chi connectivity index (χ3n) is 6.79. The number of methoxy groups -OCH3 is 1. The Morgan fingerprint density at radius 2 is 1.91 bits per heavy atom. The zero-order valence-electron chi connectivity index (χ0n) is 18.7. The fourth-order valence-corrected chi connectivity index (χ4v) is 5.50. The molecule has 2 aromatic carbocycles. The number of fused-ring (bicyclic) bond motifs is 1. The fourth-order valence-electron chi connectivity index (χ4n) is 5.18. The molecule has 0 spiro atoms. The largest absolute Gasteiger partial charge is 0.496 e. The molecule has 4 rings (SSSR count). The van der Waals surface area contributed by atoms with Crippen LogP contribution in [-0.4, -0.2) is 49.0 Å². The van der Waals surface area contributed by atoms with E-state index in [-0.39, 0.29) is 24.4 Å². The van der Waals surface area contributed by atoms with Gasteiger partial charge in [0, 0.05) is 19.5 Å². The van der Waals surface area contributed by atoms with Crippen molar-refractivity contribution in [3.05, 3.63) is 63.1 Å². The van der Waals surface area contributed by atoms with E-state index in [4.69, 9.17) is 27.9 Å². The van der Waals surface area contributed by atoms with Gasteiger partial charge in [-0.3, -0.25) is 9.69 Å². The van der Waals surface area contributed by atoms with E-state index in [1.807, 2.05) is 36.2 Å². The molecule has 2 aromatic rings. The summed E-state index contributed by atoms with van der Waals surface area (Å²) < 4.78 is 5.65. The highest BCUT2D eigenvalue weighted by atomic mass is 35.5. The van der Waals surface area contributed by atoms with Crippen molar-refractivity contribution >= 4 is 41.5 Å². The Hall–Kier alpha value is -1.46. The molecular formula is C25H31Cl3N2O2. The number of hydrogen-bond donors (Lipinski definition) is 0. The van der Waals surface area contributed by atoms with Crippen LogP contribution in [-0.2, 0) is 17.6 Å². The molecule has 1 heterocycles. The Morgan fingerprint density at radius 3 is 2.59 bits per heavy atom. The van der Waals surface area contributed by atoms with Crippen molar-refractivity contribution in [1.29, 1.82) is 0 Å². The molecule has 0 aromatic heterocycles. The van der Waals surface area contributed by atoms with Gasteiger partial charge in [-0.2, -0.15) is 0 Å². The number of rotatable bonds is 6. The lowest BCUT2D eigenvalue weighted by Gasteiger charge is -2.44. The average Bonchev–Trinajstić information content (AvgIpc) is 3.32. The number of amides is 1. The zero-order valence-corrected chi connectivity index (χ0v) is 21.0. The summed E-state index contributed by atoms with van der Waals surface area (Å²) in [5, 5.41) is 1.07.